The van der Waals surface area contributed by atoms with Gasteiger partial charge in [0.05, 0.1) is 25.6 Å². The highest BCUT2D eigenvalue weighted by Crippen LogP contribution is 2.38. The number of rotatable bonds is 1. The van der Waals surface area contributed by atoms with E-state index in [0.29, 0.717) is 19.5 Å². The van der Waals surface area contributed by atoms with Crippen LogP contribution in [0.25, 0.3) is 0 Å². The quantitative estimate of drug-likeness (QED) is 0.761. The second-order valence-corrected chi connectivity index (χ2v) is 6.07. The molecule has 0 aromatic carbocycles. The first-order valence-corrected chi connectivity index (χ1v) is 6.05. The highest BCUT2D eigenvalue weighted by Gasteiger charge is 2.53. The van der Waals surface area contributed by atoms with Crippen molar-refractivity contribution >= 4 is 12.1 Å². The van der Waals surface area contributed by atoms with Crippen LogP contribution in [0.1, 0.15) is 27.2 Å². The van der Waals surface area contributed by atoms with E-state index < -0.39 is 23.1 Å². The van der Waals surface area contributed by atoms with Gasteiger partial charge in [0.2, 0.25) is 0 Å². The Morgan fingerprint density at radius 3 is 2.44 bits per heavy atom. The molecule has 6 heteroatoms. The first-order chi connectivity index (χ1) is 8.21. The Bertz CT molecular complexity index is 367. The van der Waals surface area contributed by atoms with Gasteiger partial charge in [-0.25, -0.2) is 4.79 Å². The average Bonchev–Trinajstić information content (AvgIpc) is 2.56. The van der Waals surface area contributed by atoms with Crippen molar-refractivity contribution < 1.29 is 24.2 Å². The van der Waals surface area contributed by atoms with Gasteiger partial charge in [-0.2, -0.15) is 0 Å². The lowest BCUT2D eigenvalue weighted by atomic mass is 9.87. The zero-order valence-electron chi connectivity index (χ0n) is 10.9. The predicted octanol–water partition coefficient (Wildman–Crippen LogP) is 1.10. The molecule has 0 aromatic rings. The van der Waals surface area contributed by atoms with E-state index in [0.717, 1.165) is 0 Å². The molecule has 18 heavy (non-hydrogen) atoms. The number of hydrogen-bond acceptors (Lipinski definition) is 4. The third kappa shape index (κ3) is 2.58. The van der Waals surface area contributed by atoms with Crippen molar-refractivity contribution in [3.8, 4) is 0 Å². The summed E-state index contributed by atoms with van der Waals surface area (Å²) in [5.41, 5.74) is -0.972. The number of nitrogens with zero attached hydrogens (tertiary/aromatic N) is 1. The summed E-state index contributed by atoms with van der Waals surface area (Å²) < 4.78 is 10.8. The highest BCUT2D eigenvalue weighted by molar-refractivity contribution is 5.72. The largest absolute Gasteiger partial charge is 0.481 e. The summed E-state index contributed by atoms with van der Waals surface area (Å²) >= 11 is 0. The molecule has 2 aliphatic rings. The summed E-state index contributed by atoms with van der Waals surface area (Å²) in [4.78, 5) is 24.1. The van der Waals surface area contributed by atoms with Crippen molar-refractivity contribution in [3.05, 3.63) is 0 Å². The SMILES string of the molecule is CC(C)(C)OC(=O)N1CC2(C[C@H](C(=O)O)CO2)C1. The monoisotopic (exact) mass is 257 g/mol. The van der Waals surface area contributed by atoms with Gasteiger partial charge in [-0.1, -0.05) is 0 Å². The van der Waals surface area contributed by atoms with Gasteiger partial charge in [0.1, 0.15) is 11.2 Å². The second kappa shape index (κ2) is 4.12. The Morgan fingerprint density at radius 1 is 1.39 bits per heavy atom. The average molecular weight is 257 g/mol. The van der Waals surface area contributed by atoms with E-state index in [2.05, 4.69) is 0 Å². The van der Waals surface area contributed by atoms with Crippen LogP contribution in [0.15, 0.2) is 0 Å². The number of amides is 1. The molecule has 1 N–H and O–H groups in total. The molecule has 2 saturated heterocycles. The molecule has 0 radical (unpaired) electrons. The third-order valence-electron chi connectivity index (χ3n) is 3.17. The van der Waals surface area contributed by atoms with Gasteiger partial charge in [0.25, 0.3) is 0 Å². The van der Waals surface area contributed by atoms with Crippen LogP contribution in [0.2, 0.25) is 0 Å². The molecule has 102 valence electrons. The topological polar surface area (TPSA) is 76.1 Å². The van der Waals surface area contributed by atoms with Crippen molar-refractivity contribution in [2.24, 2.45) is 5.92 Å². The number of carboxylic acid groups (broad SMARTS) is 1. The van der Waals surface area contributed by atoms with Crippen molar-refractivity contribution in [2.75, 3.05) is 19.7 Å². The number of carbonyl (C=O) groups excluding carboxylic acids is 1. The maximum Gasteiger partial charge on any atom is 0.410 e. The Labute approximate surface area is 106 Å². The lowest BCUT2D eigenvalue weighted by molar-refractivity contribution is -0.141. The number of aliphatic carboxylic acids is 1. The molecule has 1 spiro atoms. The molecule has 0 saturated carbocycles. The Morgan fingerprint density at radius 2 is 2.00 bits per heavy atom. The van der Waals surface area contributed by atoms with E-state index in [1.807, 2.05) is 20.8 Å². The summed E-state index contributed by atoms with van der Waals surface area (Å²) in [5, 5.41) is 8.91. The molecular formula is C12H19NO5. The molecule has 1 amide bonds. The zero-order valence-corrected chi connectivity index (χ0v) is 10.9. The van der Waals surface area contributed by atoms with Crippen LogP contribution in [0, 0.1) is 5.92 Å². The summed E-state index contributed by atoms with van der Waals surface area (Å²) in [6.45, 7) is 6.52. The van der Waals surface area contributed by atoms with Crippen LogP contribution in [0.4, 0.5) is 4.79 Å². The Hall–Kier alpha value is -1.30. The molecule has 2 aliphatic heterocycles. The van der Waals surface area contributed by atoms with Crippen LogP contribution >= 0.6 is 0 Å². The Kier molecular flexibility index (Phi) is 3.01. The summed E-state index contributed by atoms with van der Waals surface area (Å²) in [5.74, 6) is -1.28. The lowest BCUT2D eigenvalue weighted by Crippen LogP contribution is -2.63. The molecule has 1 atom stereocenters. The van der Waals surface area contributed by atoms with Gasteiger partial charge in [-0.05, 0) is 27.2 Å². The summed E-state index contributed by atoms with van der Waals surface area (Å²) in [7, 11) is 0. The van der Waals surface area contributed by atoms with Gasteiger partial charge >= 0.3 is 12.1 Å². The van der Waals surface area contributed by atoms with Crippen molar-refractivity contribution in [3.63, 3.8) is 0 Å². The van der Waals surface area contributed by atoms with Gasteiger partial charge in [0, 0.05) is 0 Å². The Balaban J connectivity index is 1.84. The van der Waals surface area contributed by atoms with Gasteiger partial charge in [-0.3, -0.25) is 4.79 Å². The normalized spacial score (nSPS) is 25.9. The van der Waals surface area contributed by atoms with Crippen LogP contribution < -0.4 is 0 Å². The smallest absolute Gasteiger partial charge is 0.410 e. The molecule has 2 rings (SSSR count). The molecule has 6 nitrogen and oxygen atoms in total. The molecule has 0 aromatic heterocycles. The minimum Gasteiger partial charge on any atom is -0.481 e. The van der Waals surface area contributed by atoms with Crippen LogP contribution in [-0.2, 0) is 14.3 Å². The number of likely N-dealkylation sites (tertiary alicyclic amines) is 1. The first-order valence-electron chi connectivity index (χ1n) is 6.05. The molecular weight excluding hydrogens is 238 g/mol. The van der Waals surface area contributed by atoms with Crippen LogP contribution in [0.3, 0.4) is 0 Å². The fourth-order valence-electron chi connectivity index (χ4n) is 2.33. The summed E-state index contributed by atoms with van der Waals surface area (Å²) in [6, 6.07) is 0. The van der Waals surface area contributed by atoms with E-state index >= 15 is 0 Å². The lowest BCUT2D eigenvalue weighted by Gasteiger charge is -2.46. The van der Waals surface area contributed by atoms with Crippen molar-refractivity contribution in [1.82, 2.24) is 4.90 Å². The van der Waals surface area contributed by atoms with Crippen LogP contribution in [0.5, 0.6) is 0 Å². The highest BCUT2D eigenvalue weighted by atomic mass is 16.6. The second-order valence-electron chi connectivity index (χ2n) is 6.07. The number of ether oxygens (including phenoxy) is 2. The maximum absolute atomic E-state index is 11.7. The summed E-state index contributed by atoms with van der Waals surface area (Å²) in [6.07, 6.45) is 0.109. The van der Waals surface area contributed by atoms with E-state index in [9.17, 15) is 9.59 Å². The fourth-order valence-corrected chi connectivity index (χ4v) is 2.33. The molecule has 2 fully saturated rings. The number of hydrogen-bond donors (Lipinski definition) is 1. The minimum atomic E-state index is -0.831. The van der Waals surface area contributed by atoms with Crippen molar-refractivity contribution in [2.45, 2.75) is 38.4 Å². The molecule has 0 aliphatic carbocycles. The molecule has 2 heterocycles. The van der Waals surface area contributed by atoms with E-state index in [1.165, 1.54) is 0 Å². The van der Waals surface area contributed by atoms with E-state index in [-0.39, 0.29) is 12.7 Å². The van der Waals surface area contributed by atoms with Gasteiger partial charge in [0.15, 0.2) is 0 Å². The number of carboxylic acids is 1. The first kappa shape index (κ1) is 13.1. The maximum atomic E-state index is 11.7. The zero-order chi connectivity index (χ0) is 13.6. The van der Waals surface area contributed by atoms with Crippen molar-refractivity contribution in [1.29, 1.82) is 0 Å². The molecule has 0 bridgehead atoms. The van der Waals surface area contributed by atoms with Crippen LogP contribution in [-0.4, -0.2) is 53.0 Å². The van der Waals surface area contributed by atoms with Gasteiger partial charge < -0.3 is 19.5 Å². The van der Waals surface area contributed by atoms with E-state index in [1.54, 1.807) is 4.90 Å². The molecule has 0 unspecified atom stereocenters. The third-order valence-corrected chi connectivity index (χ3v) is 3.17. The van der Waals surface area contributed by atoms with E-state index in [4.69, 9.17) is 14.6 Å². The predicted molar refractivity (Wildman–Crippen MR) is 62.2 cm³/mol. The fraction of sp³-hybridized carbons (Fsp3) is 0.833. The number of carbonyl (C=O) groups is 2. The minimum absolute atomic E-state index is 0.234. The standard InChI is InChI=1S/C12H19NO5/c1-11(2,3)18-10(16)13-6-12(7-13)4-8(5-17-12)9(14)15/h8H,4-7H2,1-3H3,(H,14,15)/t8-/m0/s1. The van der Waals surface area contributed by atoms with Gasteiger partial charge in [-0.15, -0.1) is 0 Å².